The highest BCUT2D eigenvalue weighted by Crippen LogP contribution is 2.22. The van der Waals surface area contributed by atoms with E-state index in [4.69, 9.17) is 4.74 Å². The van der Waals surface area contributed by atoms with Crippen LogP contribution in [0, 0.1) is 0 Å². The number of imidazole rings is 1. The molecule has 1 heterocycles. The van der Waals surface area contributed by atoms with E-state index in [0.29, 0.717) is 5.88 Å². The summed E-state index contributed by atoms with van der Waals surface area (Å²) in [6.45, 7) is 6.40. The summed E-state index contributed by atoms with van der Waals surface area (Å²) in [5, 5.41) is 0. The molecule has 0 amide bonds. The highest BCUT2D eigenvalue weighted by Gasteiger charge is 2.20. The van der Waals surface area contributed by atoms with Gasteiger partial charge in [0.1, 0.15) is 5.82 Å². The van der Waals surface area contributed by atoms with Crippen LogP contribution in [0.1, 0.15) is 26.6 Å². The fourth-order valence-corrected chi connectivity index (χ4v) is 1.23. The molecule has 12 heavy (non-hydrogen) atoms. The molecule has 0 aliphatic carbocycles. The van der Waals surface area contributed by atoms with Crippen LogP contribution in [0.5, 0.6) is 5.88 Å². The molecule has 0 fully saturated rings. The van der Waals surface area contributed by atoms with Crippen molar-refractivity contribution in [2.45, 2.75) is 26.2 Å². The van der Waals surface area contributed by atoms with Crippen LogP contribution in [-0.4, -0.2) is 16.7 Å². The predicted octanol–water partition coefficient (Wildman–Crippen LogP) is 1.73. The van der Waals surface area contributed by atoms with Gasteiger partial charge in [-0.15, -0.1) is 0 Å². The van der Waals surface area contributed by atoms with E-state index in [1.165, 1.54) is 0 Å². The Hall–Kier alpha value is -0.990. The summed E-state index contributed by atoms with van der Waals surface area (Å²) in [5.41, 5.74) is 0.0749. The van der Waals surface area contributed by atoms with Gasteiger partial charge < -0.3 is 9.30 Å². The van der Waals surface area contributed by atoms with E-state index in [2.05, 4.69) is 25.8 Å². The van der Waals surface area contributed by atoms with E-state index in [1.54, 1.807) is 7.11 Å². The second-order valence-corrected chi connectivity index (χ2v) is 3.97. The van der Waals surface area contributed by atoms with Gasteiger partial charge in [0.15, 0.2) is 0 Å². The molecule has 0 radical (unpaired) electrons. The molecule has 0 saturated carbocycles. The van der Waals surface area contributed by atoms with Crippen molar-refractivity contribution in [1.82, 2.24) is 9.55 Å². The Morgan fingerprint density at radius 1 is 1.42 bits per heavy atom. The average molecular weight is 168 g/mol. The number of nitrogens with zero attached hydrogens (tertiary/aromatic N) is 2. The molecule has 1 rings (SSSR count). The number of rotatable bonds is 1. The molecule has 0 unspecified atom stereocenters. The van der Waals surface area contributed by atoms with Gasteiger partial charge in [-0.3, -0.25) is 0 Å². The summed E-state index contributed by atoms with van der Waals surface area (Å²) < 4.78 is 7.04. The third-order valence-electron chi connectivity index (χ3n) is 1.73. The number of ether oxygens (including phenoxy) is 1. The standard InChI is InChI=1S/C9H16N2O/c1-9(2,3)8-10-7(12-5)6-11(8)4/h6H,1-5H3. The number of aromatic nitrogens is 2. The fraction of sp³-hybridized carbons (Fsp3) is 0.667. The summed E-state index contributed by atoms with van der Waals surface area (Å²) in [4.78, 5) is 4.34. The Kier molecular flexibility index (Phi) is 2.13. The third-order valence-corrected chi connectivity index (χ3v) is 1.73. The zero-order valence-corrected chi connectivity index (χ0v) is 8.38. The van der Waals surface area contributed by atoms with Gasteiger partial charge in [0, 0.05) is 12.5 Å². The van der Waals surface area contributed by atoms with Gasteiger partial charge >= 0.3 is 0 Å². The minimum absolute atomic E-state index is 0.0749. The van der Waals surface area contributed by atoms with E-state index in [-0.39, 0.29) is 5.41 Å². The summed E-state index contributed by atoms with van der Waals surface area (Å²) in [6.07, 6.45) is 1.89. The normalized spacial score (nSPS) is 11.8. The van der Waals surface area contributed by atoms with Crippen molar-refractivity contribution in [2.75, 3.05) is 7.11 Å². The fourth-order valence-electron chi connectivity index (χ4n) is 1.23. The lowest BCUT2D eigenvalue weighted by Gasteiger charge is -2.16. The van der Waals surface area contributed by atoms with Crippen molar-refractivity contribution in [2.24, 2.45) is 7.05 Å². The monoisotopic (exact) mass is 168 g/mol. The smallest absolute Gasteiger partial charge is 0.231 e. The summed E-state index contributed by atoms with van der Waals surface area (Å²) in [5.74, 6) is 1.72. The van der Waals surface area contributed by atoms with Crippen molar-refractivity contribution in [1.29, 1.82) is 0 Å². The van der Waals surface area contributed by atoms with Gasteiger partial charge in [-0.05, 0) is 0 Å². The van der Waals surface area contributed by atoms with E-state index >= 15 is 0 Å². The Morgan fingerprint density at radius 3 is 2.25 bits per heavy atom. The number of aryl methyl sites for hydroxylation is 1. The van der Waals surface area contributed by atoms with Crippen LogP contribution in [0.3, 0.4) is 0 Å². The first kappa shape index (κ1) is 9.10. The van der Waals surface area contributed by atoms with Crippen LogP contribution in [-0.2, 0) is 12.5 Å². The molecular weight excluding hydrogens is 152 g/mol. The van der Waals surface area contributed by atoms with Crippen LogP contribution in [0.25, 0.3) is 0 Å². The Balaban J connectivity index is 3.08. The van der Waals surface area contributed by atoms with E-state index < -0.39 is 0 Å². The topological polar surface area (TPSA) is 27.1 Å². The maximum absolute atomic E-state index is 5.04. The van der Waals surface area contributed by atoms with Gasteiger partial charge in [-0.1, -0.05) is 20.8 Å². The third kappa shape index (κ3) is 1.60. The average Bonchev–Trinajstić information content (AvgIpc) is 2.29. The molecule has 3 heteroatoms. The lowest BCUT2D eigenvalue weighted by atomic mass is 9.96. The molecule has 1 aromatic heterocycles. The van der Waals surface area contributed by atoms with Crippen molar-refractivity contribution in [3.8, 4) is 5.88 Å². The molecule has 0 N–H and O–H groups in total. The molecule has 0 aliphatic heterocycles. The molecule has 0 atom stereocenters. The van der Waals surface area contributed by atoms with Crippen molar-refractivity contribution in [3.05, 3.63) is 12.0 Å². The lowest BCUT2D eigenvalue weighted by molar-refractivity contribution is 0.397. The Bertz CT molecular complexity index is 271. The maximum Gasteiger partial charge on any atom is 0.231 e. The van der Waals surface area contributed by atoms with Crippen molar-refractivity contribution < 1.29 is 4.74 Å². The van der Waals surface area contributed by atoms with Gasteiger partial charge in [-0.2, -0.15) is 4.98 Å². The minimum Gasteiger partial charge on any atom is -0.480 e. The Morgan fingerprint density at radius 2 is 2.00 bits per heavy atom. The van der Waals surface area contributed by atoms with E-state index in [1.807, 2.05) is 17.8 Å². The first-order valence-electron chi connectivity index (χ1n) is 4.03. The quantitative estimate of drug-likeness (QED) is 0.638. The SMILES string of the molecule is COc1cn(C)c(C(C)(C)C)n1. The van der Waals surface area contributed by atoms with E-state index in [9.17, 15) is 0 Å². The first-order valence-corrected chi connectivity index (χ1v) is 4.03. The summed E-state index contributed by atoms with van der Waals surface area (Å²) in [7, 11) is 3.62. The molecule has 0 saturated heterocycles. The zero-order chi connectivity index (χ0) is 9.35. The molecular formula is C9H16N2O. The summed E-state index contributed by atoms with van der Waals surface area (Å²) >= 11 is 0. The predicted molar refractivity (Wildman–Crippen MR) is 48.5 cm³/mol. The highest BCUT2D eigenvalue weighted by molar-refractivity contribution is 5.14. The van der Waals surface area contributed by atoms with Crippen LogP contribution in [0.4, 0.5) is 0 Å². The van der Waals surface area contributed by atoms with Crippen LogP contribution in [0.2, 0.25) is 0 Å². The molecule has 1 aromatic rings. The molecule has 68 valence electrons. The summed E-state index contributed by atoms with van der Waals surface area (Å²) in [6, 6.07) is 0. The van der Waals surface area contributed by atoms with Crippen LogP contribution < -0.4 is 4.74 Å². The van der Waals surface area contributed by atoms with Gasteiger partial charge in [0.05, 0.1) is 13.3 Å². The van der Waals surface area contributed by atoms with Gasteiger partial charge in [0.25, 0.3) is 0 Å². The largest absolute Gasteiger partial charge is 0.480 e. The molecule has 0 bridgehead atoms. The molecule has 0 aliphatic rings. The van der Waals surface area contributed by atoms with Crippen molar-refractivity contribution >= 4 is 0 Å². The van der Waals surface area contributed by atoms with Crippen LogP contribution >= 0.6 is 0 Å². The second-order valence-electron chi connectivity index (χ2n) is 3.97. The molecule has 3 nitrogen and oxygen atoms in total. The zero-order valence-electron chi connectivity index (χ0n) is 8.38. The van der Waals surface area contributed by atoms with Crippen molar-refractivity contribution in [3.63, 3.8) is 0 Å². The molecule has 0 aromatic carbocycles. The number of hydrogen-bond donors (Lipinski definition) is 0. The number of hydrogen-bond acceptors (Lipinski definition) is 2. The maximum atomic E-state index is 5.04. The van der Waals surface area contributed by atoms with Crippen LogP contribution in [0.15, 0.2) is 6.20 Å². The highest BCUT2D eigenvalue weighted by atomic mass is 16.5. The number of methoxy groups -OCH3 is 1. The minimum atomic E-state index is 0.0749. The Labute approximate surface area is 73.4 Å². The van der Waals surface area contributed by atoms with E-state index in [0.717, 1.165) is 5.82 Å². The molecule has 0 spiro atoms. The first-order chi connectivity index (χ1) is 5.45. The lowest BCUT2D eigenvalue weighted by Crippen LogP contribution is -2.17. The van der Waals surface area contributed by atoms with Gasteiger partial charge in [-0.25, -0.2) is 0 Å². The van der Waals surface area contributed by atoms with Gasteiger partial charge in [0.2, 0.25) is 5.88 Å². The second kappa shape index (κ2) is 2.81.